The van der Waals surface area contributed by atoms with Crippen LogP contribution in [0.25, 0.3) is 0 Å². The summed E-state index contributed by atoms with van der Waals surface area (Å²) < 4.78 is 0. The number of carbonyl (C=O) groups excluding carboxylic acids is 1. The third-order valence-corrected chi connectivity index (χ3v) is 5.84. The molecule has 1 aliphatic carbocycles. The molecule has 1 aliphatic rings. The molecule has 3 rings (SSSR count). The summed E-state index contributed by atoms with van der Waals surface area (Å²) in [5.74, 6) is 0.326. The van der Waals surface area contributed by atoms with Gasteiger partial charge in [-0.3, -0.25) is 4.79 Å². The van der Waals surface area contributed by atoms with E-state index in [0.29, 0.717) is 5.78 Å². The SMILES string of the molecule is CCCCCC1(c2cccc(C)c2)CC/C(=C\N(C)c2ccccc2)C1=O. The summed E-state index contributed by atoms with van der Waals surface area (Å²) in [5, 5.41) is 0. The van der Waals surface area contributed by atoms with Crippen molar-refractivity contribution in [2.45, 2.75) is 57.8 Å². The molecule has 2 heteroatoms. The van der Waals surface area contributed by atoms with Gasteiger partial charge in [0.05, 0.1) is 5.41 Å². The molecule has 1 saturated carbocycles. The highest BCUT2D eigenvalue weighted by atomic mass is 16.1. The third kappa shape index (κ3) is 4.16. The Morgan fingerprint density at radius 3 is 2.56 bits per heavy atom. The van der Waals surface area contributed by atoms with Crippen molar-refractivity contribution in [3.8, 4) is 0 Å². The summed E-state index contributed by atoms with van der Waals surface area (Å²) >= 11 is 0. The Kier molecular flexibility index (Phi) is 6.15. The molecular formula is C25H31NO. The molecule has 27 heavy (non-hydrogen) atoms. The fraction of sp³-hybridized carbons (Fsp3) is 0.400. The van der Waals surface area contributed by atoms with E-state index in [0.717, 1.165) is 36.9 Å². The molecule has 1 atom stereocenters. The van der Waals surface area contributed by atoms with Gasteiger partial charge in [0.15, 0.2) is 5.78 Å². The molecule has 0 saturated heterocycles. The van der Waals surface area contributed by atoms with E-state index in [1.807, 2.05) is 25.2 Å². The van der Waals surface area contributed by atoms with Crippen LogP contribution in [0.15, 0.2) is 66.4 Å². The van der Waals surface area contributed by atoms with E-state index in [-0.39, 0.29) is 5.41 Å². The number of para-hydroxylation sites is 1. The number of aryl methyl sites for hydroxylation is 1. The first-order chi connectivity index (χ1) is 13.1. The minimum atomic E-state index is -0.343. The van der Waals surface area contributed by atoms with E-state index < -0.39 is 0 Å². The molecule has 0 spiro atoms. The lowest BCUT2D eigenvalue weighted by molar-refractivity contribution is -0.119. The normalized spacial score (nSPS) is 21.0. The average molecular weight is 362 g/mol. The summed E-state index contributed by atoms with van der Waals surface area (Å²) in [5.41, 5.74) is 4.16. The number of carbonyl (C=O) groups is 1. The molecule has 0 heterocycles. The Labute approximate surface area is 163 Å². The van der Waals surface area contributed by atoms with Gasteiger partial charge in [-0.2, -0.15) is 0 Å². The molecule has 0 amide bonds. The van der Waals surface area contributed by atoms with E-state index in [1.165, 1.54) is 24.0 Å². The fourth-order valence-electron chi connectivity index (χ4n) is 4.25. The number of ketones is 1. The molecule has 2 nitrogen and oxygen atoms in total. The molecular weight excluding hydrogens is 330 g/mol. The van der Waals surface area contributed by atoms with Gasteiger partial charge >= 0.3 is 0 Å². The van der Waals surface area contributed by atoms with E-state index in [9.17, 15) is 4.79 Å². The topological polar surface area (TPSA) is 20.3 Å². The maximum atomic E-state index is 13.6. The highest BCUT2D eigenvalue weighted by Gasteiger charge is 2.45. The number of anilines is 1. The number of hydrogen-bond acceptors (Lipinski definition) is 2. The average Bonchev–Trinajstić information content (AvgIpc) is 3.00. The maximum Gasteiger partial charge on any atom is 0.170 e. The second-order valence-corrected chi connectivity index (χ2v) is 7.84. The van der Waals surface area contributed by atoms with Crippen LogP contribution >= 0.6 is 0 Å². The fourth-order valence-corrected chi connectivity index (χ4v) is 4.25. The molecule has 0 aliphatic heterocycles. The van der Waals surface area contributed by atoms with Crippen molar-refractivity contribution < 1.29 is 4.79 Å². The quantitative estimate of drug-likeness (QED) is 0.432. The van der Waals surface area contributed by atoms with E-state index >= 15 is 0 Å². The van der Waals surface area contributed by atoms with Crippen LogP contribution in [-0.2, 0) is 10.2 Å². The lowest BCUT2D eigenvalue weighted by atomic mass is 9.73. The van der Waals surface area contributed by atoms with Crippen molar-refractivity contribution in [1.29, 1.82) is 0 Å². The van der Waals surface area contributed by atoms with Crippen molar-refractivity contribution in [3.63, 3.8) is 0 Å². The zero-order valence-corrected chi connectivity index (χ0v) is 16.9. The molecule has 1 unspecified atom stereocenters. The van der Waals surface area contributed by atoms with E-state index in [2.05, 4.69) is 61.3 Å². The molecule has 0 bridgehead atoms. The number of unbranched alkanes of at least 4 members (excludes halogenated alkanes) is 2. The van der Waals surface area contributed by atoms with Crippen molar-refractivity contribution >= 4 is 11.5 Å². The number of allylic oxidation sites excluding steroid dienone is 1. The van der Waals surface area contributed by atoms with Crippen LogP contribution in [0, 0.1) is 6.92 Å². The minimum Gasteiger partial charge on any atom is -0.351 e. The summed E-state index contributed by atoms with van der Waals surface area (Å²) in [7, 11) is 2.03. The Hall–Kier alpha value is -2.35. The van der Waals surface area contributed by atoms with Crippen molar-refractivity contribution in [2.24, 2.45) is 0 Å². The van der Waals surface area contributed by atoms with Crippen LogP contribution in [-0.4, -0.2) is 12.8 Å². The summed E-state index contributed by atoms with van der Waals surface area (Å²) in [6.45, 7) is 4.33. The predicted molar refractivity (Wildman–Crippen MR) is 114 cm³/mol. The molecule has 0 N–H and O–H groups in total. The van der Waals surface area contributed by atoms with Crippen LogP contribution in [0.4, 0.5) is 5.69 Å². The first-order valence-corrected chi connectivity index (χ1v) is 10.2. The van der Waals surface area contributed by atoms with Crippen molar-refractivity contribution in [2.75, 3.05) is 11.9 Å². The molecule has 0 aromatic heterocycles. The zero-order chi connectivity index (χ0) is 19.3. The third-order valence-electron chi connectivity index (χ3n) is 5.84. The van der Waals surface area contributed by atoms with Crippen LogP contribution < -0.4 is 4.90 Å². The highest BCUT2D eigenvalue weighted by molar-refractivity contribution is 6.06. The zero-order valence-electron chi connectivity index (χ0n) is 16.9. The summed E-state index contributed by atoms with van der Waals surface area (Å²) in [6, 6.07) is 18.8. The maximum absolute atomic E-state index is 13.6. The number of Topliss-reactive ketones (excluding diaryl/α,β-unsaturated/α-hetero) is 1. The Bertz CT molecular complexity index is 808. The molecule has 2 aromatic carbocycles. The molecule has 0 radical (unpaired) electrons. The van der Waals surface area contributed by atoms with E-state index in [4.69, 9.17) is 0 Å². The summed E-state index contributed by atoms with van der Waals surface area (Å²) in [4.78, 5) is 15.7. The predicted octanol–water partition coefficient (Wildman–Crippen LogP) is 6.20. The Balaban J connectivity index is 1.91. The molecule has 142 valence electrons. The number of hydrogen-bond donors (Lipinski definition) is 0. The smallest absolute Gasteiger partial charge is 0.170 e. The number of rotatable bonds is 7. The van der Waals surface area contributed by atoms with Gasteiger partial charge in [0.2, 0.25) is 0 Å². The van der Waals surface area contributed by atoms with Gasteiger partial charge in [-0.25, -0.2) is 0 Å². The first kappa shape index (κ1) is 19.4. The lowest BCUT2D eigenvalue weighted by Gasteiger charge is -2.28. The second kappa shape index (κ2) is 8.56. The number of nitrogens with zero attached hydrogens (tertiary/aromatic N) is 1. The minimum absolute atomic E-state index is 0.326. The number of benzene rings is 2. The monoisotopic (exact) mass is 361 g/mol. The van der Waals surface area contributed by atoms with Gasteiger partial charge < -0.3 is 4.90 Å². The largest absolute Gasteiger partial charge is 0.351 e. The van der Waals surface area contributed by atoms with Gasteiger partial charge in [-0.05, 0) is 43.9 Å². The Morgan fingerprint density at radius 1 is 1.07 bits per heavy atom. The second-order valence-electron chi connectivity index (χ2n) is 7.84. The first-order valence-electron chi connectivity index (χ1n) is 10.2. The van der Waals surface area contributed by atoms with Crippen molar-refractivity contribution in [1.82, 2.24) is 0 Å². The van der Waals surface area contributed by atoms with Crippen molar-refractivity contribution in [3.05, 3.63) is 77.5 Å². The Morgan fingerprint density at radius 2 is 1.85 bits per heavy atom. The molecule has 1 fully saturated rings. The standard InChI is InChI=1S/C25H31NO/c1-4-5-9-16-25(22-12-10-11-20(2)18-22)17-15-21(24(25)27)19-26(3)23-13-7-6-8-14-23/h6-8,10-14,18-19H,4-5,9,15-17H2,1-3H3/b21-19+. The van der Waals surface area contributed by atoms with Gasteiger partial charge in [0, 0.05) is 24.5 Å². The summed E-state index contributed by atoms with van der Waals surface area (Å²) in [6.07, 6.45) is 8.26. The van der Waals surface area contributed by atoms with Crippen LogP contribution in [0.3, 0.4) is 0 Å². The van der Waals surface area contributed by atoms with Gasteiger partial charge in [-0.15, -0.1) is 0 Å². The van der Waals surface area contributed by atoms with Crippen LogP contribution in [0.1, 0.15) is 56.6 Å². The lowest BCUT2D eigenvalue weighted by Crippen LogP contribution is -2.32. The van der Waals surface area contributed by atoms with Gasteiger partial charge in [0.25, 0.3) is 0 Å². The van der Waals surface area contributed by atoms with Gasteiger partial charge in [-0.1, -0.05) is 74.2 Å². The van der Waals surface area contributed by atoms with E-state index in [1.54, 1.807) is 0 Å². The van der Waals surface area contributed by atoms with Gasteiger partial charge in [0.1, 0.15) is 0 Å². The van der Waals surface area contributed by atoms with Crippen LogP contribution in [0.2, 0.25) is 0 Å². The highest BCUT2D eigenvalue weighted by Crippen LogP contribution is 2.45. The van der Waals surface area contributed by atoms with Crippen LogP contribution in [0.5, 0.6) is 0 Å². The molecule has 2 aromatic rings.